The molecule has 1 amide bonds. The zero-order valence-electron chi connectivity index (χ0n) is 14.0. The number of benzene rings is 1. The van der Waals surface area contributed by atoms with E-state index in [9.17, 15) is 4.79 Å². The minimum atomic E-state index is -0.256. The second-order valence-electron chi connectivity index (χ2n) is 6.18. The van der Waals surface area contributed by atoms with Gasteiger partial charge in [-0.15, -0.1) is 11.3 Å². The van der Waals surface area contributed by atoms with Gasteiger partial charge in [0.05, 0.1) is 27.9 Å². The van der Waals surface area contributed by atoms with Crippen LogP contribution in [0.2, 0.25) is 10.0 Å². The normalized spacial score (nSPS) is 21.3. The monoisotopic (exact) mass is 399 g/mol. The van der Waals surface area contributed by atoms with Crippen LogP contribution in [0.4, 0.5) is 5.13 Å². The van der Waals surface area contributed by atoms with E-state index < -0.39 is 0 Å². The van der Waals surface area contributed by atoms with Gasteiger partial charge in [0.15, 0.2) is 5.13 Å². The van der Waals surface area contributed by atoms with Crippen LogP contribution in [0.25, 0.3) is 0 Å². The maximum atomic E-state index is 12.3. The lowest BCUT2D eigenvalue weighted by Crippen LogP contribution is -2.44. The highest BCUT2D eigenvalue weighted by Crippen LogP contribution is 2.24. The Labute approximate surface area is 160 Å². The first-order chi connectivity index (χ1) is 11.9. The second-order valence-corrected chi connectivity index (χ2v) is 7.85. The van der Waals surface area contributed by atoms with Crippen molar-refractivity contribution in [2.24, 2.45) is 0 Å². The Bertz CT molecular complexity index is 758. The number of thiazole rings is 1. The Morgan fingerprint density at radius 3 is 2.72 bits per heavy atom. The molecular weight excluding hydrogens is 381 g/mol. The quantitative estimate of drug-likeness (QED) is 0.831. The van der Waals surface area contributed by atoms with Crippen LogP contribution in [-0.4, -0.2) is 41.1 Å². The van der Waals surface area contributed by atoms with E-state index in [0.717, 1.165) is 25.3 Å². The molecule has 1 aliphatic rings. The van der Waals surface area contributed by atoms with Gasteiger partial charge in [0.2, 0.25) is 0 Å². The maximum absolute atomic E-state index is 12.3. The summed E-state index contributed by atoms with van der Waals surface area (Å²) in [7, 11) is 0. The number of carbonyl (C=O) groups is 1. The number of rotatable bonds is 4. The van der Waals surface area contributed by atoms with Crippen molar-refractivity contribution in [3.8, 4) is 0 Å². The topological polar surface area (TPSA) is 54.5 Å². The standard InChI is InChI=1S/C17H19Cl2N3O2S/c1-10-6-22(7-11(2)24-10)8-13-9-25-17(20-13)21-16(23)12-3-4-14(18)15(19)5-12/h3-5,9-11H,6-8H2,1-2H3,(H,20,21,23). The number of nitrogens with zero attached hydrogens (tertiary/aromatic N) is 2. The van der Waals surface area contributed by atoms with Gasteiger partial charge in [-0.25, -0.2) is 4.98 Å². The molecule has 2 heterocycles. The lowest BCUT2D eigenvalue weighted by molar-refractivity contribution is -0.0707. The van der Waals surface area contributed by atoms with Crippen LogP contribution in [0.1, 0.15) is 29.9 Å². The zero-order valence-corrected chi connectivity index (χ0v) is 16.3. The summed E-state index contributed by atoms with van der Waals surface area (Å²) in [6.45, 7) is 6.66. The number of anilines is 1. The van der Waals surface area contributed by atoms with Crippen LogP contribution >= 0.6 is 34.5 Å². The highest BCUT2D eigenvalue weighted by atomic mass is 35.5. The Kier molecular flexibility index (Phi) is 5.96. The van der Waals surface area contributed by atoms with Gasteiger partial charge in [0.1, 0.15) is 0 Å². The van der Waals surface area contributed by atoms with Crippen molar-refractivity contribution in [2.45, 2.75) is 32.6 Å². The summed E-state index contributed by atoms with van der Waals surface area (Å²) in [4.78, 5) is 19.1. The Morgan fingerprint density at radius 1 is 1.32 bits per heavy atom. The van der Waals surface area contributed by atoms with E-state index in [2.05, 4.69) is 29.0 Å². The lowest BCUT2D eigenvalue weighted by atomic mass is 10.2. The third kappa shape index (κ3) is 4.92. The van der Waals surface area contributed by atoms with Gasteiger partial charge in [-0.3, -0.25) is 15.0 Å². The second kappa shape index (κ2) is 8.01. The first-order valence-electron chi connectivity index (χ1n) is 7.99. The lowest BCUT2D eigenvalue weighted by Gasteiger charge is -2.34. The number of nitrogens with one attached hydrogen (secondary N) is 1. The average Bonchev–Trinajstić information content (AvgIpc) is 2.95. The number of halogens is 2. The van der Waals surface area contributed by atoms with Crippen molar-refractivity contribution in [3.05, 3.63) is 44.9 Å². The predicted molar refractivity (Wildman–Crippen MR) is 102 cm³/mol. The van der Waals surface area contributed by atoms with Crippen molar-refractivity contribution >= 4 is 45.6 Å². The van der Waals surface area contributed by atoms with Crippen molar-refractivity contribution in [2.75, 3.05) is 18.4 Å². The summed E-state index contributed by atoms with van der Waals surface area (Å²) in [6, 6.07) is 4.78. The molecule has 2 unspecified atom stereocenters. The number of amides is 1. The van der Waals surface area contributed by atoms with Gasteiger partial charge in [-0.05, 0) is 32.0 Å². The average molecular weight is 400 g/mol. The summed E-state index contributed by atoms with van der Waals surface area (Å²) in [6.07, 6.45) is 0.437. The molecule has 1 N–H and O–H groups in total. The zero-order chi connectivity index (χ0) is 18.0. The number of ether oxygens (including phenoxy) is 1. The third-order valence-electron chi connectivity index (χ3n) is 3.83. The van der Waals surface area contributed by atoms with E-state index in [0.29, 0.717) is 20.7 Å². The molecule has 3 rings (SSSR count). The number of hydrogen-bond donors (Lipinski definition) is 1. The fraction of sp³-hybridized carbons (Fsp3) is 0.412. The van der Waals surface area contributed by atoms with Crippen LogP contribution in [0.5, 0.6) is 0 Å². The molecule has 0 aliphatic carbocycles. The summed E-state index contributed by atoms with van der Waals surface area (Å²) in [5.41, 5.74) is 1.39. The summed E-state index contributed by atoms with van der Waals surface area (Å²) >= 11 is 13.2. The maximum Gasteiger partial charge on any atom is 0.257 e. The number of aromatic nitrogens is 1. The van der Waals surface area contributed by atoms with E-state index in [-0.39, 0.29) is 18.1 Å². The van der Waals surface area contributed by atoms with Crippen molar-refractivity contribution in [1.82, 2.24) is 9.88 Å². The molecule has 0 spiro atoms. The van der Waals surface area contributed by atoms with Crippen molar-refractivity contribution in [3.63, 3.8) is 0 Å². The molecule has 0 bridgehead atoms. The summed E-state index contributed by atoms with van der Waals surface area (Å²) in [5.74, 6) is -0.256. The SMILES string of the molecule is CC1CN(Cc2csc(NC(=O)c3ccc(Cl)c(Cl)c3)n2)CC(C)O1. The molecule has 5 nitrogen and oxygen atoms in total. The molecule has 8 heteroatoms. The van der Waals surface area contributed by atoms with E-state index >= 15 is 0 Å². The molecule has 2 aromatic rings. The number of hydrogen-bond acceptors (Lipinski definition) is 5. The van der Waals surface area contributed by atoms with Crippen molar-refractivity contribution in [1.29, 1.82) is 0 Å². The fourth-order valence-corrected chi connectivity index (χ4v) is 3.88. The van der Waals surface area contributed by atoms with Gasteiger partial charge in [0.25, 0.3) is 5.91 Å². The molecular formula is C17H19Cl2N3O2S. The van der Waals surface area contributed by atoms with Crippen LogP contribution in [0.3, 0.4) is 0 Å². The van der Waals surface area contributed by atoms with E-state index in [4.69, 9.17) is 27.9 Å². The van der Waals surface area contributed by atoms with Crippen LogP contribution in [-0.2, 0) is 11.3 Å². The van der Waals surface area contributed by atoms with Crippen molar-refractivity contribution < 1.29 is 9.53 Å². The Balaban J connectivity index is 1.61. The van der Waals surface area contributed by atoms with Gasteiger partial charge in [-0.2, -0.15) is 0 Å². The Hall–Kier alpha value is -1.18. The molecule has 2 atom stereocenters. The van der Waals surface area contributed by atoms with E-state index in [1.807, 2.05) is 5.38 Å². The largest absolute Gasteiger partial charge is 0.373 e. The van der Waals surface area contributed by atoms with Crippen LogP contribution in [0.15, 0.2) is 23.6 Å². The molecule has 134 valence electrons. The summed E-state index contributed by atoms with van der Waals surface area (Å²) < 4.78 is 5.74. The van der Waals surface area contributed by atoms with Crippen LogP contribution < -0.4 is 5.32 Å². The fourth-order valence-electron chi connectivity index (χ4n) is 2.89. The van der Waals surface area contributed by atoms with Gasteiger partial charge < -0.3 is 4.74 Å². The first-order valence-corrected chi connectivity index (χ1v) is 9.63. The van der Waals surface area contributed by atoms with Gasteiger partial charge >= 0.3 is 0 Å². The molecule has 1 aromatic carbocycles. The first kappa shape index (κ1) is 18.6. The van der Waals surface area contributed by atoms with Gasteiger partial charge in [0, 0.05) is 30.6 Å². The van der Waals surface area contributed by atoms with Crippen LogP contribution in [0, 0.1) is 0 Å². The highest BCUT2D eigenvalue weighted by Gasteiger charge is 2.22. The van der Waals surface area contributed by atoms with E-state index in [1.54, 1.807) is 18.2 Å². The predicted octanol–water partition coefficient (Wildman–Crippen LogP) is 4.31. The Morgan fingerprint density at radius 2 is 2.04 bits per heavy atom. The molecule has 25 heavy (non-hydrogen) atoms. The minimum Gasteiger partial charge on any atom is -0.373 e. The summed E-state index contributed by atoms with van der Waals surface area (Å²) in [5, 5.41) is 6.11. The highest BCUT2D eigenvalue weighted by molar-refractivity contribution is 7.14. The van der Waals surface area contributed by atoms with E-state index in [1.165, 1.54) is 11.3 Å². The molecule has 1 saturated heterocycles. The molecule has 0 radical (unpaired) electrons. The number of carbonyl (C=O) groups excluding carboxylic acids is 1. The number of morpholine rings is 1. The molecule has 1 aliphatic heterocycles. The minimum absolute atomic E-state index is 0.219. The smallest absolute Gasteiger partial charge is 0.257 e. The molecule has 1 aromatic heterocycles. The third-order valence-corrected chi connectivity index (χ3v) is 5.38. The van der Waals surface area contributed by atoms with Gasteiger partial charge in [-0.1, -0.05) is 23.2 Å². The molecule has 0 saturated carbocycles. The molecule has 1 fully saturated rings.